The fraction of sp³-hybridized carbons (Fsp3) is 0.0714. The van der Waals surface area contributed by atoms with Crippen molar-refractivity contribution in [2.24, 2.45) is 4.90 Å². The Labute approximate surface area is 114 Å². The molecule has 0 amide bonds. The predicted molar refractivity (Wildman–Crippen MR) is 70.9 cm³/mol. The first kappa shape index (κ1) is 12.8. The number of hydrogen-bond donors (Lipinski definition) is 0. The second-order valence-electron chi connectivity index (χ2n) is 4.29. The molecule has 2 aromatic carbocycles. The van der Waals surface area contributed by atoms with Crippen molar-refractivity contribution < 1.29 is 17.9 Å². The molecule has 1 radical (unpaired) electrons. The second kappa shape index (κ2) is 4.70. The van der Waals surface area contributed by atoms with Gasteiger partial charge in [-0.3, -0.25) is 0 Å². The minimum Gasteiger partial charge on any atom is -0.457 e. The molecular weight excluding hydrogens is 266 g/mol. The van der Waals surface area contributed by atoms with E-state index >= 15 is 0 Å². The zero-order valence-corrected chi connectivity index (χ0v) is 10.2. The van der Waals surface area contributed by atoms with Gasteiger partial charge in [0.15, 0.2) is 0 Å². The molecule has 99 valence electrons. The van der Waals surface area contributed by atoms with Gasteiger partial charge in [0.1, 0.15) is 11.5 Å². The highest BCUT2D eigenvalue weighted by Crippen LogP contribution is 2.31. The molecule has 0 fully saturated rings. The van der Waals surface area contributed by atoms with Crippen LogP contribution < -0.4 is 10.2 Å². The van der Waals surface area contributed by atoms with Crippen LogP contribution in [0.4, 0.5) is 13.2 Å². The first-order valence-corrected chi connectivity index (χ1v) is 5.88. The summed E-state index contributed by atoms with van der Waals surface area (Å²) in [6, 6.07) is 10.1. The van der Waals surface area contributed by atoms with Crippen molar-refractivity contribution in [1.29, 1.82) is 0 Å². The number of benzene rings is 2. The number of ether oxygens (including phenoxy) is 1. The van der Waals surface area contributed by atoms with E-state index in [4.69, 9.17) is 4.74 Å². The zero-order valence-electron chi connectivity index (χ0n) is 10.2. The maximum atomic E-state index is 12.5. The van der Waals surface area contributed by atoms with E-state index in [-0.39, 0.29) is 0 Å². The van der Waals surface area contributed by atoms with Crippen molar-refractivity contribution in [2.45, 2.75) is 6.18 Å². The Hall–Kier alpha value is -2.24. The number of alkyl halides is 3. The molecule has 0 spiro atoms. The Morgan fingerprint density at radius 1 is 1.00 bits per heavy atom. The van der Waals surface area contributed by atoms with Gasteiger partial charge >= 0.3 is 13.6 Å². The number of hydrogen-bond acceptors (Lipinski definition) is 2. The molecular formula is C14H8BF3NO. The molecule has 3 rings (SSSR count). The smallest absolute Gasteiger partial charge is 0.416 e. The lowest BCUT2D eigenvalue weighted by atomic mass is 9.84. The fourth-order valence-electron chi connectivity index (χ4n) is 1.93. The third-order valence-corrected chi connectivity index (χ3v) is 2.93. The summed E-state index contributed by atoms with van der Waals surface area (Å²) < 4.78 is 43.0. The first-order valence-electron chi connectivity index (χ1n) is 5.88. The molecule has 0 N–H and O–H groups in total. The maximum absolute atomic E-state index is 12.5. The molecule has 2 aromatic rings. The van der Waals surface area contributed by atoms with Gasteiger partial charge in [-0.1, -0.05) is 12.1 Å². The quantitative estimate of drug-likeness (QED) is 0.771. The van der Waals surface area contributed by atoms with Crippen molar-refractivity contribution in [3.63, 3.8) is 0 Å². The summed E-state index contributed by atoms with van der Waals surface area (Å²) in [5.74, 6) is 0.923. The summed E-state index contributed by atoms with van der Waals surface area (Å²) >= 11 is 0. The second-order valence-corrected chi connectivity index (χ2v) is 4.29. The lowest BCUT2D eigenvalue weighted by molar-refractivity contribution is -0.137. The molecule has 2 nitrogen and oxygen atoms in total. The topological polar surface area (TPSA) is 21.6 Å². The Balaban J connectivity index is 1.86. The summed E-state index contributed by atoms with van der Waals surface area (Å²) in [6.45, 7) is 0. The van der Waals surface area contributed by atoms with Crippen molar-refractivity contribution in [3.05, 3.63) is 53.6 Å². The molecule has 20 heavy (non-hydrogen) atoms. The van der Waals surface area contributed by atoms with E-state index in [0.29, 0.717) is 11.5 Å². The largest absolute Gasteiger partial charge is 0.457 e. The van der Waals surface area contributed by atoms with Gasteiger partial charge in [-0.25, -0.2) is 0 Å². The summed E-state index contributed by atoms with van der Waals surface area (Å²) in [5, 5.41) is 0. The SMILES string of the molecule is FC(F)(F)c1ccc(Oc2cccc3c2C=N[B]3)cc1. The molecule has 0 bridgehead atoms. The lowest BCUT2D eigenvalue weighted by Gasteiger charge is -2.11. The number of rotatable bonds is 2. The summed E-state index contributed by atoms with van der Waals surface area (Å²) in [5.41, 5.74) is 1.06. The highest BCUT2D eigenvalue weighted by molar-refractivity contribution is 6.58. The number of nitrogens with zero attached hydrogens (tertiary/aromatic N) is 1. The Kier molecular flexibility index (Phi) is 3.01. The molecule has 1 aliphatic heterocycles. The third-order valence-electron chi connectivity index (χ3n) is 2.93. The van der Waals surface area contributed by atoms with Gasteiger partial charge in [-0.2, -0.15) is 13.2 Å². The van der Waals surface area contributed by atoms with Crippen molar-refractivity contribution in [1.82, 2.24) is 0 Å². The van der Waals surface area contributed by atoms with Gasteiger partial charge in [-0.05, 0) is 35.8 Å². The van der Waals surface area contributed by atoms with Crippen LogP contribution in [-0.2, 0) is 6.18 Å². The van der Waals surface area contributed by atoms with Gasteiger partial charge in [-0.15, -0.1) is 0 Å². The van der Waals surface area contributed by atoms with Crippen LogP contribution in [0.5, 0.6) is 11.5 Å². The summed E-state index contributed by atoms with van der Waals surface area (Å²) in [4.78, 5) is 4.02. The monoisotopic (exact) mass is 274 g/mol. The Morgan fingerprint density at radius 2 is 1.75 bits per heavy atom. The molecule has 0 unspecified atom stereocenters. The van der Waals surface area contributed by atoms with Gasteiger partial charge in [0, 0.05) is 11.8 Å². The normalized spacial score (nSPS) is 12.9. The minimum absolute atomic E-state index is 0.353. The van der Waals surface area contributed by atoms with Crippen LogP contribution in [0.3, 0.4) is 0 Å². The van der Waals surface area contributed by atoms with Crippen molar-refractivity contribution >= 4 is 19.1 Å². The first-order chi connectivity index (χ1) is 9.54. The fourth-order valence-corrected chi connectivity index (χ4v) is 1.93. The van der Waals surface area contributed by atoms with Gasteiger partial charge in [0.2, 0.25) is 0 Å². The van der Waals surface area contributed by atoms with E-state index < -0.39 is 11.7 Å². The molecule has 6 heteroatoms. The van der Waals surface area contributed by atoms with Crippen molar-refractivity contribution in [3.8, 4) is 11.5 Å². The van der Waals surface area contributed by atoms with E-state index in [2.05, 4.69) is 4.90 Å². The highest BCUT2D eigenvalue weighted by Gasteiger charge is 2.30. The Morgan fingerprint density at radius 3 is 2.45 bits per heavy atom. The van der Waals surface area contributed by atoms with Crippen LogP contribution in [0, 0.1) is 0 Å². The molecule has 1 heterocycles. The minimum atomic E-state index is -4.34. The highest BCUT2D eigenvalue weighted by atomic mass is 19.4. The Bertz CT molecular complexity index is 665. The number of halogens is 3. The zero-order chi connectivity index (χ0) is 14.2. The molecule has 0 aliphatic carbocycles. The van der Waals surface area contributed by atoms with Gasteiger partial charge in [0.25, 0.3) is 0 Å². The van der Waals surface area contributed by atoms with Crippen LogP contribution in [0.1, 0.15) is 11.1 Å². The summed E-state index contributed by atoms with van der Waals surface area (Å²) in [6.07, 6.45) is -2.68. The summed E-state index contributed by atoms with van der Waals surface area (Å²) in [7, 11) is 1.70. The van der Waals surface area contributed by atoms with Crippen LogP contribution in [0.25, 0.3) is 0 Å². The van der Waals surface area contributed by atoms with E-state index in [9.17, 15) is 13.2 Å². The van der Waals surface area contributed by atoms with E-state index in [0.717, 1.165) is 23.2 Å². The molecule has 0 saturated heterocycles. The average molecular weight is 274 g/mol. The van der Waals surface area contributed by atoms with Crippen LogP contribution >= 0.6 is 0 Å². The molecule has 1 aliphatic rings. The van der Waals surface area contributed by atoms with E-state index in [1.807, 2.05) is 12.1 Å². The number of fused-ring (bicyclic) bond motifs is 1. The van der Waals surface area contributed by atoms with E-state index in [1.165, 1.54) is 12.1 Å². The third kappa shape index (κ3) is 2.41. The van der Waals surface area contributed by atoms with Crippen LogP contribution in [0.2, 0.25) is 0 Å². The molecule has 0 aromatic heterocycles. The average Bonchev–Trinajstić information content (AvgIpc) is 2.88. The van der Waals surface area contributed by atoms with Gasteiger partial charge < -0.3 is 9.64 Å². The molecule has 0 saturated carbocycles. The molecule has 0 atom stereocenters. The van der Waals surface area contributed by atoms with Gasteiger partial charge in [0.05, 0.1) is 5.56 Å². The predicted octanol–water partition coefficient (Wildman–Crippen LogP) is 3.17. The van der Waals surface area contributed by atoms with Crippen LogP contribution in [-0.4, -0.2) is 13.6 Å². The van der Waals surface area contributed by atoms with E-state index in [1.54, 1.807) is 19.7 Å². The van der Waals surface area contributed by atoms with Crippen LogP contribution in [0.15, 0.2) is 47.4 Å². The maximum Gasteiger partial charge on any atom is 0.416 e. The van der Waals surface area contributed by atoms with Crippen molar-refractivity contribution in [2.75, 3.05) is 0 Å². The standard InChI is InChI=1S/C14H8BF3NO/c16-14(17,18)9-4-6-10(7-5-9)20-13-3-1-2-12-11(13)8-19-15-12/h1-8H. The lowest BCUT2D eigenvalue weighted by Crippen LogP contribution is -2.11.